The Hall–Kier alpha value is -3.09. The molecular formula is C30H33N3O7S2. The lowest BCUT2D eigenvalue weighted by Gasteiger charge is -2.53. The highest BCUT2D eigenvalue weighted by atomic mass is 32.2. The number of rotatable bonds is 8. The number of aliphatic hydroxyl groups is 1. The Balaban J connectivity index is 1.21. The van der Waals surface area contributed by atoms with Gasteiger partial charge in [-0.05, 0) is 85.8 Å². The summed E-state index contributed by atoms with van der Waals surface area (Å²) < 4.78 is 29.0. The standard InChI is InChI=1S/C30H33N3O7S2/c1-16(34)23-26(36)33-25(28(37)38)20(41-27(23)33)15-32-19-6-5-17(18-3-2-4-21(24(18)19)42(32,39)40)13-29-7-10-30(11-8-29,12-9-29)14-22(31)35/h2-6,16,23,27,34H,7-15H2,1H3,(H2,31,35)(H,37,38). The average Bonchev–Trinajstić information content (AvgIpc) is 3.36. The van der Waals surface area contributed by atoms with Gasteiger partial charge >= 0.3 is 5.97 Å². The van der Waals surface area contributed by atoms with Crippen molar-refractivity contribution in [1.29, 1.82) is 0 Å². The van der Waals surface area contributed by atoms with Crippen LogP contribution in [0, 0.1) is 16.7 Å². The van der Waals surface area contributed by atoms with Crippen molar-refractivity contribution in [2.45, 2.75) is 74.7 Å². The zero-order chi connectivity index (χ0) is 29.8. The number of thioether (sulfide) groups is 1. The monoisotopic (exact) mass is 611 g/mol. The van der Waals surface area contributed by atoms with Gasteiger partial charge in [0.25, 0.3) is 10.0 Å². The summed E-state index contributed by atoms with van der Waals surface area (Å²) in [5.74, 6) is -2.74. The fourth-order valence-electron chi connectivity index (χ4n) is 8.15. The lowest BCUT2D eigenvalue weighted by atomic mass is 9.51. The van der Waals surface area contributed by atoms with Crippen molar-refractivity contribution in [3.63, 3.8) is 0 Å². The van der Waals surface area contributed by atoms with Crippen LogP contribution in [-0.4, -0.2) is 59.3 Å². The van der Waals surface area contributed by atoms with Gasteiger partial charge in [0.05, 0.1) is 29.1 Å². The number of anilines is 1. The summed E-state index contributed by atoms with van der Waals surface area (Å²) in [6.45, 7) is 1.28. The predicted molar refractivity (Wildman–Crippen MR) is 157 cm³/mol. The van der Waals surface area contributed by atoms with Gasteiger partial charge in [0.15, 0.2) is 0 Å². The van der Waals surface area contributed by atoms with Crippen LogP contribution in [0.4, 0.5) is 5.69 Å². The molecule has 6 aliphatic rings. The van der Waals surface area contributed by atoms with Crippen LogP contribution in [0.15, 0.2) is 45.8 Å². The maximum atomic E-state index is 13.9. The average molecular weight is 612 g/mol. The number of hydrogen-bond acceptors (Lipinski definition) is 7. The Bertz CT molecular complexity index is 1690. The molecule has 4 fully saturated rings. The summed E-state index contributed by atoms with van der Waals surface area (Å²) in [6.07, 6.45) is 6.31. The number of primary amides is 1. The Morgan fingerprint density at radius 1 is 1.10 bits per heavy atom. The molecule has 10 nitrogen and oxygen atoms in total. The van der Waals surface area contributed by atoms with E-state index in [9.17, 15) is 33.0 Å². The molecule has 3 heterocycles. The SMILES string of the molecule is CC(O)C1C(=O)N2C(C(=O)O)=C(CN3c4ccc(CC56CCC(CC(N)=O)(CC5)CC6)c5cccc(c45)S3(=O)=O)SC12. The van der Waals surface area contributed by atoms with Gasteiger partial charge < -0.3 is 15.9 Å². The Morgan fingerprint density at radius 3 is 2.38 bits per heavy atom. The molecule has 222 valence electrons. The highest BCUT2D eigenvalue weighted by molar-refractivity contribution is 8.04. The van der Waals surface area contributed by atoms with Gasteiger partial charge in [-0.1, -0.05) is 30.0 Å². The number of benzene rings is 2. The van der Waals surface area contributed by atoms with Crippen molar-refractivity contribution in [2.75, 3.05) is 10.8 Å². The van der Waals surface area contributed by atoms with Crippen LogP contribution < -0.4 is 10.0 Å². The van der Waals surface area contributed by atoms with E-state index in [1.54, 1.807) is 12.1 Å². The normalized spacial score (nSPS) is 31.4. The minimum atomic E-state index is -3.98. The first kappa shape index (κ1) is 27.7. The molecule has 0 radical (unpaired) electrons. The van der Waals surface area contributed by atoms with Gasteiger partial charge in [0, 0.05) is 16.7 Å². The van der Waals surface area contributed by atoms with Crippen molar-refractivity contribution >= 4 is 56.0 Å². The molecule has 3 atom stereocenters. The van der Waals surface area contributed by atoms with Crippen LogP contribution in [0.3, 0.4) is 0 Å². The van der Waals surface area contributed by atoms with Crippen molar-refractivity contribution in [2.24, 2.45) is 22.5 Å². The van der Waals surface area contributed by atoms with Crippen LogP contribution in [-0.2, 0) is 30.8 Å². The zero-order valence-corrected chi connectivity index (χ0v) is 24.8. The van der Waals surface area contributed by atoms with Crippen LogP contribution in [0.25, 0.3) is 10.8 Å². The molecule has 0 spiro atoms. The Labute approximate surface area is 248 Å². The van der Waals surface area contributed by atoms with E-state index in [1.807, 2.05) is 18.2 Å². The molecular weight excluding hydrogens is 578 g/mol. The molecule has 3 unspecified atom stereocenters. The van der Waals surface area contributed by atoms with E-state index < -0.39 is 39.3 Å². The number of carbonyl (C=O) groups is 3. The van der Waals surface area contributed by atoms with Crippen molar-refractivity contribution in [3.05, 3.63) is 46.5 Å². The molecule has 2 aromatic carbocycles. The maximum absolute atomic E-state index is 13.9. The smallest absolute Gasteiger partial charge is 0.353 e. The highest BCUT2D eigenvalue weighted by Gasteiger charge is 2.58. The summed E-state index contributed by atoms with van der Waals surface area (Å²) in [4.78, 5) is 38.2. The van der Waals surface area contributed by atoms with Gasteiger partial charge in [-0.3, -0.25) is 18.8 Å². The summed E-state index contributed by atoms with van der Waals surface area (Å²) >= 11 is 1.14. The van der Waals surface area contributed by atoms with E-state index in [-0.39, 0.29) is 38.8 Å². The summed E-state index contributed by atoms with van der Waals surface area (Å²) in [5, 5.41) is 21.0. The number of aliphatic hydroxyl groups excluding tert-OH is 1. The second-order valence-corrected chi connectivity index (χ2v) is 15.9. The summed E-state index contributed by atoms with van der Waals surface area (Å²) in [7, 11) is -3.98. The number of sulfonamides is 1. The van der Waals surface area contributed by atoms with Crippen LogP contribution in [0.1, 0.15) is 57.4 Å². The topological polar surface area (TPSA) is 158 Å². The molecule has 42 heavy (non-hydrogen) atoms. The number of amides is 2. The number of nitrogens with two attached hydrogens (primary N) is 1. The number of nitrogens with zero attached hydrogens (tertiary/aromatic N) is 2. The molecule has 2 bridgehead atoms. The lowest BCUT2D eigenvalue weighted by Crippen LogP contribution is -2.60. The molecule has 3 saturated carbocycles. The number of hydrogen-bond donors (Lipinski definition) is 3. The van der Waals surface area contributed by atoms with Gasteiger partial charge in [-0.2, -0.15) is 0 Å². The summed E-state index contributed by atoms with van der Waals surface area (Å²) in [5.41, 5.74) is 7.06. The number of carboxylic acids is 1. The first-order valence-electron chi connectivity index (χ1n) is 14.4. The number of carboxylic acid groups (broad SMARTS) is 1. The molecule has 1 saturated heterocycles. The lowest BCUT2D eigenvalue weighted by molar-refractivity contribution is -0.156. The van der Waals surface area contributed by atoms with Gasteiger partial charge in [-0.15, -0.1) is 0 Å². The van der Waals surface area contributed by atoms with Crippen LogP contribution >= 0.6 is 11.8 Å². The van der Waals surface area contributed by atoms with Crippen LogP contribution in [0.2, 0.25) is 0 Å². The number of β-lactam (4-membered cyclic amide) rings is 1. The third-order valence-electron chi connectivity index (χ3n) is 10.4. The van der Waals surface area contributed by atoms with E-state index in [2.05, 4.69) is 0 Å². The highest BCUT2D eigenvalue weighted by Crippen LogP contribution is 2.60. The van der Waals surface area contributed by atoms with E-state index >= 15 is 0 Å². The van der Waals surface area contributed by atoms with Gasteiger partial charge in [0.2, 0.25) is 11.8 Å². The minimum absolute atomic E-state index is 0.0296. The predicted octanol–water partition coefficient (Wildman–Crippen LogP) is 3.32. The fraction of sp³-hybridized carbons (Fsp3) is 0.500. The molecule has 3 aliphatic carbocycles. The Morgan fingerprint density at radius 2 is 1.76 bits per heavy atom. The van der Waals surface area contributed by atoms with Gasteiger partial charge in [-0.25, -0.2) is 13.2 Å². The van der Waals surface area contributed by atoms with E-state index in [1.165, 1.54) is 16.1 Å². The molecule has 2 aromatic rings. The number of aliphatic carboxylic acids is 1. The minimum Gasteiger partial charge on any atom is -0.477 e. The second kappa shape index (κ2) is 9.20. The molecule has 0 aromatic heterocycles. The van der Waals surface area contributed by atoms with E-state index in [4.69, 9.17) is 5.73 Å². The first-order chi connectivity index (χ1) is 19.9. The molecule has 2 amide bonds. The largest absolute Gasteiger partial charge is 0.477 e. The molecule has 12 heteroatoms. The zero-order valence-electron chi connectivity index (χ0n) is 23.2. The third kappa shape index (κ3) is 3.87. The molecule has 3 aliphatic heterocycles. The van der Waals surface area contributed by atoms with Crippen molar-refractivity contribution in [1.82, 2.24) is 4.90 Å². The third-order valence-corrected chi connectivity index (χ3v) is 13.6. The first-order valence-corrected chi connectivity index (χ1v) is 16.7. The summed E-state index contributed by atoms with van der Waals surface area (Å²) in [6, 6.07) is 9.13. The second-order valence-electron chi connectivity index (χ2n) is 12.8. The number of carbonyl (C=O) groups excluding carboxylic acids is 2. The quantitative estimate of drug-likeness (QED) is 0.384. The maximum Gasteiger partial charge on any atom is 0.353 e. The van der Waals surface area contributed by atoms with Crippen LogP contribution in [0.5, 0.6) is 0 Å². The Kier molecular flexibility index (Phi) is 6.08. The van der Waals surface area contributed by atoms with Gasteiger partial charge in [0.1, 0.15) is 11.1 Å². The molecule has 8 rings (SSSR count). The van der Waals surface area contributed by atoms with Crippen molar-refractivity contribution in [3.8, 4) is 0 Å². The molecule has 4 N–H and O–H groups in total. The van der Waals surface area contributed by atoms with E-state index in [0.717, 1.165) is 67.7 Å². The van der Waals surface area contributed by atoms with Crippen molar-refractivity contribution < 1.29 is 33.0 Å². The fourth-order valence-corrected chi connectivity index (χ4v) is 11.5. The van der Waals surface area contributed by atoms with E-state index in [0.29, 0.717) is 17.5 Å². The number of fused-ring (bicyclic) bond motifs is 4.